The Labute approximate surface area is 85.9 Å². The smallest absolute Gasteiger partial charge is 0.116 e. The zero-order chi connectivity index (χ0) is 9.84. The van der Waals surface area contributed by atoms with Gasteiger partial charge in [0.1, 0.15) is 11.0 Å². The zero-order valence-electron chi connectivity index (χ0n) is 7.63. The fraction of sp³-hybridized carbons (Fsp3) is 0.333. The average molecular weight is 218 g/mol. The predicted molar refractivity (Wildman–Crippen MR) is 58.5 cm³/mol. The lowest BCUT2D eigenvalue weighted by Gasteiger charge is -2.06. The molecule has 2 nitrogen and oxygen atoms in total. The van der Waals surface area contributed by atoms with Crippen molar-refractivity contribution in [1.29, 1.82) is 0 Å². The first-order valence-electron chi connectivity index (χ1n) is 4.04. The molecule has 1 rings (SSSR count). The standard InChI is InChI=1S/C9H12ClNOS/c1-3-13(12)11-9-5-4-7(2)6-8(9)10/h4-6,11H,3H2,1-2H3. The molecule has 0 aliphatic heterocycles. The second-order valence-electron chi connectivity index (χ2n) is 2.72. The van der Waals surface area contributed by atoms with E-state index in [0.717, 1.165) is 11.3 Å². The van der Waals surface area contributed by atoms with E-state index >= 15 is 0 Å². The lowest BCUT2D eigenvalue weighted by Crippen LogP contribution is -2.06. The summed E-state index contributed by atoms with van der Waals surface area (Å²) in [7, 11) is -1.03. The van der Waals surface area contributed by atoms with E-state index in [1.54, 1.807) is 0 Å². The molecule has 0 spiro atoms. The molecule has 0 aliphatic carbocycles. The number of halogens is 1. The molecule has 0 saturated heterocycles. The average Bonchev–Trinajstić information content (AvgIpc) is 2.09. The van der Waals surface area contributed by atoms with Crippen LogP contribution in [-0.2, 0) is 11.0 Å². The van der Waals surface area contributed by atoms with Crippen LogP contribution in [0.1, 0.15) is 12.5 Å². The van der Waals surface area contributed by atoms with Crippen LogP contribution in [0.2, 0.25) is 5.02 Å². The summed E-state index contributed by atoms with van der Waals surface area (Å²) in [6.45, 7) is 3.82. The van der Waals surface area contributed by atoms with Crippen LogP contribution in [0.15, 0.2) is 18.2 Å². The van der Waals surface area contributed by atoms with Gasteiger partial charge in [-0.15, -0.1) is 0 Å². The molecule has 4 heteroatoms. The first-order chi connectivity index (χ1) is 6.13. The Hall–Kier alpha value is -0.540. The molecule has 0 aliphatic rings. The van der Waals surface area contributed by atoms with Crippen LogP contribution in [0.5, 0.6) is 0 Å². The number of rotatable bonds is 3. The van der Waals surface area contributed by atoms with E-state index in [1.807, 2.05) is 32.0 Å². The van der Waals surface area contributed by atoms with Gasteiger partial charge in [-0.05, 0) is 24.6 Å². The number of anilines is 1. The third-order valence-electron chi connectivity index (χ3n) is 1.61. The normalized spacial score (nSPS) is 12.5. The van der Waals surface area contributed by atoms with Gasteiger partial charge in [0.25, 0.3) is 0 Å². The van der Waals surface area contributed by atoms with Crippen molar-refractivity contribution in [2.45, 2.75) is 13.8 Å². The third-order valence-corrected chi connectivity index (χ3v) is 2.90. The van der Waals surface area contributed by atoms with E-state index in [1.165, 1.54) is 0 Å². The fourth-order valence-corrected chi connectivity index (χ4v) is 1.80. The molecule has 0 radical (unpaired) electrons. The Morgan fingerprint density at radius 3 is 2.77 bits per heavy atom. The van der Waals surface area contributed by atoms with E-state index in [2.05, 4.69) is 4.72 Å². The second-order valence-corrected chi connectivity index (χ2v) is 4.60. The van der Waals surface area contributed by atoms with Gasteiger partial charge in [-0.25, -0.2) is 4.21 Å². The molecule has 0 saturated carbocycles. The van der Waals surface area contributed by atoms with Crippen molar-refractivity contribution in [3.8, 4) is 0 Å². The van der Waals surface area contributed by atoms with E-state index in [4.69, 9.17) is 11.6 Å². The van der Waals surface area contributed by atoms with Gasteiger partial charge < -0.3 is 4.72 Å². The Morgan fingerprint density at radius 2 is 2.23 bits per heavy atom. The minimum Gasteiger partial charge on any atom is -0.304 e. The minimum absolute atomic E-state index is 0.574. The van der Waals surface area contributed by atoms with Gasteiger partial charge in [-0.1, -0.05) is 24.6 Å². The van der Waals surface area contributed by atoms with E-state index < -0.39 is 11.0 Å². The lowest BCUT2D eigenvalue weighted by molar-refractivity contribution is 0.687. The molecule has 72 valence electrons. The van der Waals surface area contributed by atoms with Crippen molar-refractivity contribution < 1.29 is 4.21 Å². The Kier molecular flexibility index (Phi) is 3.75. The van der Waals surface area contributed by atoms with Crippen LogP contribution in [-0.4, -0.2) is 9.96 Å². The van der Waals surface area contributed by atoms with Crippen molar-refractivity contribution in [2.75, 3.05) is 10.5 Å². The summed E-state index contributed by atoms with van der Waals surface area (Å²) in [5.74, 6) is 0.574. The molecule has 0 amide bonds. The van der Waals surface area contributed by atoms with E-state index in [-0.39, 0.29) is 0 Å². The van der Waals surface area contributed by atoms with Gasteiger partial charge in [0, 0.05) is 5.75 Å². The van der Waals surface area contributed by atoms with Crippen molar-refractivity contribution in [3.05, 3.63) is 28.8 Å². The summed E-state index contributed by atoms with van der Waals surface area (Å²) in [6, 6.07) is 5.61. The fourth-order valence-electron chi connectivity index (χ4n) is 0.898. The molecular weight excluding hydrogens is 206 g/mol. The van der Waals surface area contributed by atoms with E-state index in [9.17, 15) is 4.21 Å². The summed E-state index contributed by atoms with van der Waals surface area (Å²) in [4.78, 5) is 0. The first-order valence-corrected chi connectivity index (χ1v) is 5.74. The molecular formula is C9H12ClNOS. The SMILES string of the molecule is CCS(=O)Nc1ccc(C)cc1Cl. The number of hydrogen-bond donors (Lipinski definition) is 1. The molecule has 1 unspecified atom stereocenters. The summed E-state index contributed by atoms with van der Waals surface area (Å²) < 4.78 is 14.0. The molecule has 0 fully saturated rings. The van der Waals surface area contributed by atoms with Crippen LogP contribution in [0.4, 0.5) is 5.69 Å². The van der Waals surface area contributed by atoms with Crippen LogP contribution >= 0.6 is 11.6 Å². The number of aryl methyl sites for hydroxylation is 1. The monoisotopic (exact) mass is 217 g/mol. The highest BCUT2D eigenvalue weighted by Gasteiger charge is 2.01. The summed E-state index contributed by atoms with van der Waals surface area (Å²) >= 11 is 5.93. The number of hydrogen-bond acceptors (Lipinski definition) is 1. The van der Waals surface area contributed by atoms with Crippen molar-refractivity contribution in [1.82, 2.24) is 0 Å². The van der Waals surface area contributed by atoms with Crippen molar-refractivity contribution in [2.24, 2.45) is 0 Å². The molecule has 0 bridgehead atoms. The quantitative estimate of drug-likeness (QED) is 0.829. The molecule has 1 N–H and O–H groups in total. The second kappa shape index (κ2) is 4.63. The van der Waals surface area contributed by atoms with Gasteiger partial charge in [0.15, 0.2) is 0 Å². The zero-order valence-corrected chi connectivity index (χ0v) is 9.21. The Balaban J connectivity index is 2.83. The molecule has 1 atom stereocenters. The largest absolute Gasteiger partial charge is 0.304 e. The maximum absolute atomic E-state index is 11.2. The number of nitrogens with one attached hydrogen (secondary N) is 1. The topological polar surface area (TPSA) is 29.1 Å². The summed E-state index contributed by atoms with van der Waals surface area (Å²) in [5, 5.41) is 0.613. The van der Waals surface area contributed by atoms with Crippen LogP contribution in [0.3, 0.4) is 0 Å². The number of benzene rings is 1. The minimum atomic E-state index is -1.03. The Bertz CT molecular complexity index is 327. The van der Waals surface area contributed by atoms with Crippen LogP contribution < -0.4 is 4.72 Å². The van der Waals surface area contributed by atoms with Gasteiger partial charge in [-0.3, -0.25) is 0 Å². The van der Waals surface area contributed by atoms with Gasteiger partial charge in [0.2, 0.25) is 0 Å². The highest BCUT2D eigenvalue weighted by molar-refractivity contribution is 7.86. The summed E-state index contributed by atoms with van der Waals surface area (Å²) in [5.41, 5.74) is 1.82. The van der Waals surface area contributed by atoms with Crippen molar-refractivity contribution >= 4 is 28.3 Å². The maximum atomic E-state index is 11.2. The lowest BCUT2D eigenvalue weighted by atomic mass is 10.2. The maximum Gasteiger partial charge on any atom is 0.116 e. The highest BCUT2D eigenvalue weighted by Crippen LogP contribution is 2.22. The predicted octanol–water partition coefficient (Wildman–Crippen LogP) is 2.74. The van der Waals surface area contributed by atoms with Gasteiger partial charge in [0.05, 0.1) is 10.7 Å². The Morgan fingerprint density at radius 1 is 1.54 bits per heavy atom. The van der Waals surface area contributed by atoms with Crippen LogP contribution in [0.25, 0.3) is 0 Å². The first kappa shape index (κ1) is 10.5. The highest BCUT2D eigenvalue weighted by atomic mass is 35.5. The third kappa shape index (κ3) is 3.01. The van der Waals surface area contributed by atoms with Gasteiger partial charge >= 0.3 is 0 Å². The van der Waals surface area contributed by atoms with Crippen molar-refractivity contribution in [3.63, 3.8) is 0 Å². The van der Waals surface area contributed by atoms with E-state index in [0.29, 0.717) is 10.8 Å². The van der Waals surface area contributed by atoms with Crippen LogP contribution in [0, 0.1) is 6.92 Å². The summed E-state index contributed by atoms with van der Waals surface area (Å²) in [6.07, 6.45) is 0. The van der Waals surface area contributed by atoms with Gasteiger partial charge in [-0.2, -0.15) is 0 Å². The molecule has 13 heavy (non-hydrogen) atoms. The molecule has 0 aromatic heterocycles. The molecule has 1 aromatic rings. The molecule has 1 aromatic carbocycles. The molecule has 0 heterocycles.